The normalized spacial score (nSPS) is 11.6. The Labute approximate surface area is 176 Å². The molecule has 150 valence electrons. The summed E-state index contributed by atoms with van der Waals surface area (Å²) in [5.74, 6) is 1.21. The zero-order chi connectivity index (χ0) is 20.8. The zero-order valence-corrected chi connectivity index (χ0v) is 16.7. The van der Waals surface area contributed by atoms with Gasteiger partial charge in [-0.05, 0) is 59.7 Å². The van der Waals surface area contributed by atoms with Gasteiger partial charge in [0.1, 0.15) is 18.1 Å². The fourth-order valence-corrected chi connectivity index (χ4v) is 3.12. The Morgan fingerprint density at radius 1 is 0.800 bits per heavy atom. The molecule has 0 fully saturated rings. The Morgan fingerprint density at radius 2 is 1.47 bits per heavy atom. The van der Waals surface area contributed by atoms with Crippen molar-refractivity contribution in [2.24, 2.45) is 0 Å². The van der Waals surface area contributed by atoms with Gasteiger partial charge >= 0.3 is 0 Å². The number of amides is 1. The highest BCUT2D eigenvalue weighted by Gasteiger charge is 2.15. The molecular formula is C26H23NO3. The van der Waals surface area contributed by atoms with Crippen LogP contribution in [0.1, 0.15) is 12.5 Å². The summed E-state index contributed by atoms with van der Waals surface area (Å²) in [6.07, 6.45) is -0.625. The van der Waals surface area contributed by atoms with Crippen LogP contribution in [0.2, 0.25) is 0 Å². The van der Waals surface area contributed by atoms with E-state index in [4.69, 9.17) is 9.47 Å². The van der Waals surface area contributed by atoms with E-state index >= 15 is 0 Å². The van der Waals surface area contributed by atoms with Gasteiger partial charge in [0.2, 0.25) is 0 Å². The molecule has 1 atom stereocenters. The number of ether oxygens (including phenoxy) is 2. The number of hydrogen-bond acceptors (Lipinski definition) is 3. The molecule has 0 unspecified atom stereocenters. The van der Waals surface area contributed by atoms with E-state index in [9.17, 15) is 4.79 Å². The molecule has 0 aromatic heterocycles. The van der Waals surface area contributed by atoms with E-state index in [2.05, 4.69) is 5.32 Å². The molecule has 1 N–H and O–H groups in total. The van der Waals surface area contributed by atoms with E-state index in [-0.39, 0.29) is 5.91 Å². The molecule has 0 radical (unpaired) electrons. The molecule has 1 amide bonds. The van der Waals surface area contributed by atoms with Gasteiger partial charge in [-0.1, -0.05) is 60.7 Å². The Hall–Kier alpha value is -3.79. The highest BCUT2D eigenvalue weighted by atomic mass is 16.5. The smallest absolute Gasteiger partial charge is 0.265 e. The van der Waals surface area contributed by atoms with Gasteiger partial charge in [-0.3, -0.25) is 4.79 Å². The highest BCUT2D eigenvalue weighted by Crippen LogP contribution is 2.22. The first-order chi connectivity index (χ1) is 14.7. The second kappa shape index (κ2) is 9.14. The largest absolute Gasteiger partial charge is 0.489 e. The lowest BCUT2D eigenvalue weighted by molar-refractivity contribution is -0.122. The van der Waals surface area contributed by atoms with Crippen LogP contribution in [0, 0.1) is 0 Å². The zero-order valence-electron chi connectivity index (χ0n) is 16.7. The van der Waals surface area contributed by atoms with Crippen LogP contribution in [-0.2, 0) is 11.4 Å². The van der Waals surface area contributed by atoms with Crippen molar-refractivity contribution in [2.45, 2.75) is 19.6 Å². The number of anilines is 1. The van der Waals surface area contributed by atoms with Gasteiger partial charge in [-0.2, -0.15) is 0 Å². The lowest BCUT2D eigenvalue weighted by atomic mass is 10.1. The molecule has 4 aromatic rings. The van der Waals surface area contributed by atoms with Crippen molar-refractivity contribution in [1.29, 1.82) is 0 Å². The number of fused-ring (bicyclic) bond motifs is 1. The van der Waals surface area contributed by atoms with E-state index in [1.54, 1.807) is 6.92 Å². The number of hydrogen-bond donors (Lipinski definition) is 1. The van der Waals surface area contributed by atoms with Crippen molar-refractivity contribution >= 4 is 22.4 Å². The SMILES string of the molecule is C[C@@H](Oc1ccc2ccccc2c1)C(=O)Nc1ccc(OCc2ccccc2)cc1. The lowest BCUT2D eigenvalue weighted by Crippen LogP contribution is -2.30. The third-order valence-electron chi connectivity index (χ3n) is 4.77. The number of carbonyl (C=O) groups excluding carboxylic acids is 1. The minimum Gasteiger partial charge on any atom is -0.489 e. The summed E-state index contributed by atoms with van der Waals surface area (Å²) in [7, 11) is 0. The average Bonchev–Trinajstić information content (AvgIpc) is 2.79. The minimum atomic E-state index is -0.625. The maximum absolute atomic E-state index is 12.5. The quantitative estimate of drug-likeness (QED) is 0.427. The number of carbonyl (C=O) groups is 1. The fourth-order valence-electron chi connectivity index (χ4n) is 3.12. The summed E-state index contributed by atoms with van der Waals surface area (Å²) in [6.45, 7) is 2.24. The Kier molecular flexibility index (Phi) is 5.95. The molecule has 0 saturated carbocycles. The van der Waals surface area contributed by atoms with Crippen molar-refractivity contribution in [3.8, 4) is 11.5 Å². The van der Waals surface area contributed by atoms with Gasteiger partial charge < -0.3 is 14.8 Å². The third-order valence-corrected chi connectivity index (χ3v) is 4.77. The van der Waals surface area contributed by atoms with Gasteiger partial charge in [0.15, 0.2) is 6.10 Å². The topological polar surface area (TPSA) is 47.6 Å². The van der Waals surface area contributed by atoms with Crippen LogP contribution in [-0.4, -0.2) is 12.0 Å². The maximum atomic E-state index is 12.5. The van der Waals surface area contributed by atoms with E-state index in [1.165, 1.54) is 0 Å². The van der Waals surface area contributed by atoms with Crippen LogP contribution in [0.25, 0.3) is 10.8 Å². The number of benzene rings is 4. The van der Waals surface area contributed by atoms with Gasteiger partial charge in [0.05, 0.1) is 0 Å². The molecule has 0 aliphatic rings. The summed E-state index contributed by atoms with van der Waals surface area (Å²) < 4.78 is 11.6. The first kappa shape index (κ1) is 19.5. The van der Waals surface area contributed by atoms with Crippen molar-refractivity contribution in [2.75, 3.05) is 5.32 Å². The molecule has 0 saturated heterocycles. The maximum Gasteiger partial charge on any atom is 0.265 e. The molecule has 0 aliphatic heterocycles. The van der Waals surface area contributed by atoms with Gasteiger partial charge in [0, 0.05) is 5.69 Å². The first-order valence-electron chi connectivity index (χ1n) is 9.90. The molecule has 0 bridgehead atoms. The standard InChI is InChI=1S/C26H23NO3/c1-19(30-25-14-11-21-9-5-6-10-22(21)17-25)26(28)27-23-12-15-24(16-13-23)29-18-20-7-3-2-4-8-20/h2-17,19H,18H2,1H3,(H,27,28)/t19-/m1/s1. The predicted molar refractivity (Wildman–Crippen MR) is 120 cm³/mol. The van der Waals surface area contributed by atoms with Crippen molar-refractivity contribution < 1.29 is 14.3 Å². The lowest BCUT2D eigenvalue weighted by Gasteiger charge is -2.15. The Bertz CT molecular complexity index is 1120. The molecule has 4 nitrogen and oxygen atoms in total. The van der Waals surface area contributed by atoms with Crippen LogP contribution in [0.5, 0.6) is 11.5 Å². The van der Waals surface area contributed by atoms with Crippen LogP contribution in [0.4, 0.5) is 5.69 Å². The summed E-state index contributed by atoms with van der Waals surface area (Å²) in [4.78, 5) is 12.5. The van der Waals surface area contributed by atoms with Gasteiger partial charge in [0.25, 0.3) is 5.91 Å². The summed E-state index contributed by atoms with van der Waals surface area (Å²) in [6, 6.07) is 31.2. The predicted octanol–water partition coefficient (Wildman–Crippen LogP) is 5.82. The van der Waals surface area contributed by atoms with Crippen LogP contribution >= 0.6 is 0 Å². The van der Waals surface area contributed by atoms with E-state index in [1.807, 2.05) is 97.1 Å². The van der Waals surface area contributed by atoms with Crippen molar-refractivity contribution in [3.63, 3.8) is 0 Å². The van der Waals surface area contributed by atoms with Gasteiger partial charge in [-0.25, -0.2) is 0 Å². The van der Waals surface area contributed by atoms with Gasteiger partial charge in [-0.15, -0.1) is 0 Å². The molecule has 4 rings (SSSR count). The molecule has 0 aliphatic carbocycles. The number of nitrogens with one attached hydrogen (secondary N) is 1. The Morgan fingerprint density at radius 3 is 2.23 bits per heavy atom. The molecule has 4 heteroatoms. The van der Waals surface area contributed by atoms with Crippen LogP contribution in [0.15, 0.2) is 97.1 Å². The average molecular weight is 397 g/mol. The van der Waals surface area contributed by atoms with Crippen molar-refractivity contribution in [1.82, 2.24) is 0 Å². The minimum absolute atomic E-state index is 0.207. The second-order valence-electron chi connectivity index (χ2n) is 7.06. The molecule has 0 spiro atoms. The van der Waals surface area contributed by atoms with Crippen molar-refractivity contribution in [3.05, 3.63) is 103 Å². The van der Waals surface area contributed by atoms with Crippen LogP contribution in [0.3, 0.4) is 0 Å². The number of rotatable bonds is 7. The summed E-state index contributed by atoms with van der Waals surface area (Å²) >= 11 is 0. The monoisotopic (exact) mass is 397 g/mol. The van der Waals surface area contributed by atoms with E-state index in [0.29, 0.717) is 18.0 Å². The van der Waals surface area contributed by atoms with E-state index < -0.39 is 6.10 Å². The highest BCUT2D eigenvalue weighted by molar-refractivity contribution is 5.94. The molecular weight excluding hydrogens is 374 g/mol. The first-order valence-corrected chi connectivity index (χ1v) is 9.90. The van der Waals surface area contributed by atoms with E-state index in [0.717, 1.165) is 22.1 Å². The molecule has 30 heavy (non-hydrogen) atoms. The second-order valence-corrected chi connectivity index (χ2v) is 7.06. The fraction of sp³-hybridized carbons (Fsp3) is 0.115. The third kappa shape index (κ3) is 4.97. The summed E-state index contributed by atoms with van der Waals surface area (Å²) in [5, 5.41) is 5.09. The summed E-state index contributed by atoms with van der Waals surface area (Å²) in [5.41, 5.74) is 1.80. The Balaban J connectivity index is 1.32. The molecule has 4 aromatic carbocycles. The molecule has 0 heterocycles. The van der Waals surface area contributed by atoms with Crippen LogP contribution < -0.4 is 14.8 Å².